The minimum Gasteiger partial charge on any atom is -0.480 e. The van der Waals surface area contributed by atoms with E-state index in [2.05, 4.69) is 5.32 Å². The van der Waals surface area contributed by atoms with Crippen molar-refractivity contribution in [2.24, 2.45) is 17.8 Å². The third-order valence-corrected chi connectivity index (χ3v) is 4.17. The third kappa shape index (κ3) is 7.75. The molecule has 1 amide bonds. The average molecular weight is 359 g/mol. The van der Waals surface area contributed by atoms with Crippen LogP contribution in [0.25, 0.3) is 0 Å². The second-order valence-electron chi connectivity index (χ2n) is 7.26. The molecule has 0 saturated carbocycles. The molecular formula is C18H33NO6. The number of esters is 1. The molecule has 0 unspecified atom stereocenters. The van der Waals surface area contributed by atoms with E-state index in [0.29, 0.717) is 6.42 Å². The van der Waals surface area contributed by atoms with Crippen LogP contribution in [0.5, 0.6) is 0 Å². The minimum atomic E-state index is -1.45. The number of carbonyl (C=O) groups is 3. The zero-order chi connectivity index (χ0) is 19.8. The van der Waals surface area contributed by atoms with Gasteiger partial charge in [0.2, 0.25) is 0 Å². The summed E-state index contributed by atoms with van der Waals surface area (Å²) in [5.41, 5.74) is -1.45. The predicted molar refractivity (Wildman–Crippen MR) is 93.9 cm³/mol. The van der Waals surface area contributed by atoms with Gasteiger partial charge < -0.3 is 19.9 Å². The van der Waals surface area contributed by atoms with Gasteiger partial charge in [-0.1, -0.05) is 54.4 Å². The minimum absolute atomic E-state index is 0.168. The first-order valence-electron chi connectivity index (χ1n) is 8.89. The van der Waals surface area contributed by atoms with Crippen LogP contribution in [0.1, 0.15) is 67.7 Å². The van der Waals surface area contributed by atoms with E-state index in [9.17, 15) is 19.5 Å². The highest BCUT2D eigenvalue weighted by molar-refractivity contribution is 5.84. The Labute approximate surface area is 150 Å². The molecule has 0 heterocycles. The summed E-state index contributed by atoms with van der Waals surface area (Å²) in [4.78, 5) is 35.6. The topological polar surface area (TPSA) is 102 Å². The fourth-order valence-electron chi connectivity index (χ4n) is 2.25. The molecule has 2 N–H and O–H groups in total. The van der Waals surface area contributed by atoms with Crippen molar-refractivity contribution in [3.8, 4) is 0 Å². The van der Waals surface area contributed by atoms with Crippen LogP contribution in [0.3, 0.4) is 0 Å². The smallest absolute Gasteiger partial charge is 0.411 e. The SMILES string of the molecule is CCC(CC)C[C@](C)(NC(=O)O[C@@H](OC(=O)C(C)C)C(C)C)C(=O)O. The van der Waals surface area contributed by atoms with Crippen molar-refractivity contribution in [2.45, 2.75) is 79.6 Å². The number of amides is 1. The average Bonchev–Trinajstić information content (AvgIpc) is 2.51. The van der Waals surface area contributed by atoms with Crippen LogP contribution < -0.4 is 5.32 Å². The van der Waals surface area contributed by atoms with Gasteiger partial charge in [0.25, 0.3) is 6.29 Å². The number of nitrogens with one attached hydrogen (secondary N) is 1. The van der Waals surface area contributed by atoms with Crippen molar-refractivity contribution >= 4 is 18.0 Å². The van der Waals surface area contributed by atoms with E-state index in [1.54, 1.807) is 27.7 Å². The first-order valence-corrected chi connectivity index (χ1v) is 8.89. The Morgan fingerprint density at radius 2 is 1.56 bits per heavy atom. The van der Waals surface area contributed by atoms with Crippen molar-refractivity contribution in [2.75, 3.05) is 0 Å². The highest BCUT2D eigenvalue weighted by Crippen LogP contribution is 2.23. The van der Waals surface area contributed by atoms with Gasteiger partial charge >= 0.3 is 18.0 Å². The second-order valence-corrected chi connectivity index (χ2v) is 7.26. The Morgan fingerprint density at radius 3 is 1.92 bits per heavy atom. The van der Waals surface area contributed by atoms with Crippen LogP contribution in [-0.4, -0.2) is 35.0 Å². The first-order chi connectivity index (χ1) is 11.5. The van der Waals surface area contributed by atoms with Crippen molar-refractivity contribution in [1.82, 2.24) is 5.32 Å². The standard InChI is InChI=1S/C18H33NO6/c1-8-13(9-2)10-18(7,16(21)22)19-17(23)25-15(12(5)6)24-14(20)11(3)4/h11-13,15H,8-10H2,1-7H3,(H,19,23)(H,21,22)/t15-,18+/m1/s1. The van der Waals surface area contributed by atoms with E-state index < -0.39 is 29.9 Å². The van der Waals surface area contributed by atoms with Crippen LogP contribution in [0.4, 0.5) is 4.79 Å². The summed E-state index contributed by atoms with van der Waals surface area (Å²) in [5, 5.41) is 12.0. The molecule has 0 bridgehead atoms. The zero-order valence-corrected chi connectivity index (χ0v) is 16.4. The Balaban J connectivity index is 5.04. The molecule has 0 fully saturated rings. The molecule has 0 aliphatic rings. The second kappa shape index (κ2) is 10.3. The Hall–Kier alpha value is -1.79. The molecule has 0 aromatic heterocycles. The lowest BCUT2D eigenvalue weighted by molar-refractivity contribution is -0.179. The Morgan fingerprint density at radius 1 is 1.04 bits per heavy atom. The molecule has 0 aromatic carbocycles. The first kappa shape index (κ1) is 23.2. The van der Waals surface area contributed by atoms with Gasteiger partial charge in [-0.3, -0.25) is 4.79 Å². The van der Waals surface area contributed by atoms with E-state index in [1.807, 2.05) is 13.8 Å². The predicted octanol–water partition coefficient (Wildman–Crippen LogP) is 3.56. The highest BCUT2D eigenvalue weighted by Gasteiger charge is 2.38. The van der Waals surface area contributed by atoms with Gasteiger partial charge in [0.05, 0.1) is 5.92 Å². The number of alkyl carbamates (subject to hydrolysis) is 1. The maximum absolute atomic E-state index is 12.2. The molecule has 0 aliphatic carbocycles. The molecule has 0 aromatic rings. The van der Waals surface area contributed by atoms with Crippen LogP contribution in [0, 0.1) is 17.8 Å². The summed E-state index contributed by atoms with van der Waals surface area (Å²) in [6, 6.07) is 0. The van der Waals surface area contributed by atoms with E-state index >= 15 is 0 Å². The number of ether oxygens (including phenoxy) is 2. The highest BCUT2D eigenvalue weighted by atomic mass is 16.7. The maximum atomic E-state index is 12.2. The van der Waals surface area contributed by atoms with Crippen LogP contribution in [0.15, 0.2) is 0 Å². The number of carbonyl (C=O) groups excluding carboxylic acids is 2. The molecule has 7 heteroatoms. The lowest BCUT2D eigenvalue weighted by Gasteiger charge is -2.30. The molecule has 25 heavy (non-hydrogen) atoms. The summed E-state index contributed by atoms with van der Waals surface area (Å²) < 4.78 is 10.3. The van der Waals surface area contributed by atoms with Gasteiger partial charge in [0.1, 0.15) is 5.54 Å². The summed E-state index contributed by atoms with van der Waals surface area (Å²) >= 11 is 0. The number of hydrogen-bond donors (Lipinski definition) is 2. The van der Waals surface area contributed by atoms with E-state index in [1.165, 1.54) is 6.92 Å². The van der Waals surface area contributed by atoms with Crippen molar-refractivity contribution < 1.29 is 29.0 Å². The molecule has 7 nitrogen and oxygen atoms in total. The monoisotopic (exact) mass is 359 g/mol. The summed E-state index contributed by atoms with van der Waals surface area (Å²) in [7, 11) is 0. The van der Waals surface area contributed by atoms with E-state index in [-0.39, 0.29) is 17.8 Å². The van der Waals surface area contributed by atoms with Crippen molar-refractivity contribution in [3.05, 3.63) is 0 Å². The Kier molecular flexibility index (Phi) is 9.52. The normalized spacial score (nSPS) is 15.0. The van der Waals surface area contributed by atoms with Crippen LogP contribution in [0.2, 0.25) is 0 Å². The lowest BCUT2D eigenvalue weighted by atomic mass is 9.86. The number of aliphatic carboxylic acids is 1. The van der Waals surface area contributed by atoms with Gasteiger partial charge in [-0.05, 0) is 19.3 Å². The number of rotatable bonds is 10. The van der Waals surface area contributed by atoms with Gasteiger partial charge in [-0.15, -0.1) is 0 Å². The zero-order valence-electron chi connectivity index (χ0n) is 16.4. The Bertz CT molecular complexity index is 458. The fraction of sp³-hybridized carbons (Fsp3) is 0.833. The molecule has 0 rings (SSSR count). The molecule has 0 spiro atoms. The molecular weight excluding hydrogens is 326 g/mol. The number of hydrogen-bond acceptors (Lipinski definition) is 5. The lowest BCUT2D eigenvalue weighted by Crippen LogP contribution is -2.54. The van der Waals surface area contributed by atoms with Crippen LogP contribution >= 0.6 is 0 Å². The third-order valence-electron chi connectivity index (χ3n) is 4.17. The molecule has 146 valence electrons. The number of carboxylic acids is 1. The summed E-state index contributed by atoms with van der Waals surface area (Å²) in [6.07, 6.45) is -0.0529. The largest absolute Gasteiger partial charge is 0.480 e. The van der Waals surface area contributed by atoms with Gasteiger partial charge in [0, 0.05) is 5.92 Å². The van der Waals surface area contributed by atoms with Gasteiger partial charge in [-0.2, -0.15) is 0 Å². The van der Waals surface area contributed by atoms with Gasteiger partial charge in [0.15, 0.2) is 0 Å². The fourth-order valence-corrected chi connectivity index (χ4v) is 2.25. The number of carboxylic acid groups (broad SMARTS) is 1. The van der Waals surface area contributed by atoms with Crippen molar-refractivity contribution in [3.63, 3.8) is 0 Å². The summed E-state index contributed by atoms with van der Waals surface area (Å²) in [6.45, 7) is 12.3. The quantitative estimate of drug-likeness (QED) is 0.457. The maximum Gasteiger partial charge on any atom is 0.411 e. The molecule has 0 saturated heterocycles. The molecule has 0 radical (unpaired) electrons. The molecule has 0 aliphatic heterocycles. The van der Waals surface area contributed by atoms with E-state index in [0.717, 1.165) is 12.8 Å². The van der Waals surface area contributed by atoms with E-state index in [4.69, 9.17) is 9.47 Å². The van der Waals surface area contributed by atoms with Crippen molar-refractivity contribution in [1.29, 1.82) is 0 Å². The molecule has 2 atom stereocenters. The van der Waals surface area contributed by atoms with Gasteiger partial charge in [-0.25, -0.2) is 9.59 Å². The summed E-state index contributed by atoms with van der Waals surface area (Å²) in [5.74, 6) is -2.06. The van der Waals surface area contributed by atoms with Crippen LogP contribution in [-0.2, 0) is 19.1 Å².